The molecule has 0 saturated carbocycles. The first-order valence-electron chi connectivity index (χ1n) is 9.78. The van der Waals surface area contributed by atoms with Gasteiger partial charge in [0.05, 0.1) is 17.4 Å². The summed E-state index contributed by atoms with van der Waals surface area (Å²) in [6, 6.07) is 17.5. The van der Waals surface area contributed by atoms with Gasteiger partial charge in [0, 0.05) is 22.8 Å². The lowest BCUT2D eigenvalue weighted by Crippen LogP contribution is -1.99. The second-order valence-corrected chi connectivity index (χ2v) is 7.19. The van der Waals surface area contributed by atoms with Crippen molar-refractivity contribution in [2.75, 3.05) is 0 Å². The van der Waals surface area contributed by atoms with Crippen molar-refractivity contribution in [3.8, 4) is 16.9 Å². The Morgan fingerprint density at radius 1 is 0.889 bits per heavy atom. The van der Waals surface area contributed by atoms with Crippen LogP contribution in [-0.4, -0.2) is 9.55 Å². The predicted molar refractivity (Wildman–Crippen MR) is 115 cm³/mol. The minimum atomic E-state index is 1.02. The SMILES string of the molecule is CCc1cccc(CC)c1-c1cc2ccn(-c3cccc(C)c3C)c2cn1. The third kappa shape index (κ3) is 2.95. The topological polar surface area (TPSA) is 17.8 Å². The molecular weight excluding hydrogens is 328 g/mol. The van der Waals surface area contributed by atoms with E-state index in [4.69, 9.17) is 4.98 Å². The van der Waals surface area contributed by atoms with Crippen molar-refractivity contribution in [3.05, 3.63) is 83.2 Å². The average Bonchev–Trinajstić information content (AvgIpc) is 3.12. The van der Waals surface area contributed by atoms with Gasteiger partial charge in [0.1, 0.15) is 0 Å². The third-order valence-corrected chi connectivity index (χ3v) is 5.67. The van der Waals surface area contributed by atoms with Crippen LogP contribution in [0.1, 0.15) is 36.1 Å². The van der Waals surface area contributed by atoms with E-state index in [1.54, 1.807) is 0 Å². The number of hydrogen-bond donors (Lipinski definition) is 0. The lowest BCUT2D eigenvalue weighted by atomic mass is 9.94. The van der Waals surface area contributed by atoms with Crippen LogP contribution in [-0.2, 0) is 12.8 Å². The highest BCUT2D eigenvalue weighted by Gasteiger charge is 2.13. The lowest BCUT2D eigenvalue weighted by Gasteiger charge is -2.14. The highest BCUT2D eigenvalue weighted by atomic mass is 15.0. The van der Waals surface area contributed by atoms with Crippen molar-refractivity contribution in [2.24, 2.45) is 0 Å². The van der Waals surface area contributed by atoms with Crippen LogP contribution in [0.5, 0.6) is 0 Å². The molecule has 2 heteroatoms. The summed E-state index contributed by atoms with van der Waals surface area (Å²) in [4.78, 5) is 4.88. The molecule has 0 fully saturated rings. The Kier molecular flexibility index (Phi) is 4.57. The van der Waals surface area contributed by atoms with Gasteiger partial charge in [-0.1, -0.05) is 44.2 Å². The summed E-state index contributed by atoms with van der Waals surface area (Å²) in [5.41, 5.74) is 10.1. The molecule has 2 aromatic carbocycles. The molecule has 136 valence electrons. The zero-order valence-corrected chi connectivity index (χ0v) is 16.6. The molecule has 0 unspecified atom stereocenters. The van der Waals surface area contributed by atoms with Crippen molar-refractivity contribution in [1.29, 1.82) is 0 Å². The molecule has 0 N–H and O–H groups in total. The van der Waals surface area contributed by atoms with Crippen molar-refractivity contribution in [1.82, 2.24) is 9.55 Å². The molecule has 0 spiro atoms. The normalized spacial score (nSPS) is 11.3. The molecule has 0 atom stereocenters. The van der Waals surface area contributed by atoms with Crippen molar-refractivity contribution < 1.29 is 0 Å². The Bertz CT molecular complexity index is 1100. The Hall–Kier alpha value is -2.87. The van der Waals surface area contributed by atoms with Crippen LogP contribution in [0.25, 0.3) is 27.8 Å². The van der Waals surface area contributed by atoms with E-state index in [1.807, 2.05) is 6.20 Å². The summed E-state index contributed by atoms with van der Waals surface area (Å²) >= 11 is 0. The quantitative estimate of drug-likeness (QED) is 0.413. The largest absolute Gasteiger partial charge is 0.315 e. The summed E-state index contributed by atoms with van der Waals surface area (Å²) in [5.74, 6) is 0. The number of fused-ring (bicyclic) bond motifs is 1. The van der Waals surface area contributed by atoms with Gasteiger partial charge >= 0.3 is 0 Å². The van der Waals surface area contributed by atoms with Crippen molar-refractivity contribution >= 4 is 10.9 Å². The highest BCUT2D eigenvalue weighted by molar-refractivity contribution is 5.86. The van der Waals surface area contributed by atoms with Gasteiger partial charge in [-0.25, -0.2) is 0 Å². The number of aromatic nitrogens is 2. The Morgan fingerprint density at radius 3 is 2.30 bits per heavy atom. The molecule has 4 aromatic rings. The average molecular weight is 354 g/mol. The maximum atomic E-state index is 4.88. The molecule has 0 amide bonds. The van der Waals surface area contributed by atoms with Gasteiger partial charge < -0.3 is 4.57 Å². The van der Waals surface area contributed by atoms with Crippen LogP contribution in [0.4, 0.5) is 0 Å². The number of pyridine rings is 1. The summed E-state index contributed by atoms with van der Waals surface area (Å²) in [7, 11) is 0. The zero-order valence-electron chi connectivity index (χ0n) is 16.6. The van der Waals surface area contributed by atoms with E-state index in [0.29, 0.717) is 0 Å². The molecular formula is C25H26N2. The second kappa shape index (κ2) is 7.03. The molecule has 0 aliphatic rings. The van der Waals surface area contributed by atoms with E-state index in [-0.39, 0.29) is 0 Å². The summed E-state index contributed by atoms with van der Waals surface area (Å²) in [6.07, 6.45) is 6.22. The fourth-order valence-corrected chi connectivity index (χ4v) is 3.95. The van der Waals surface area contributed by atoms with E-state index in [2.05, 4.69) is 87.0 Å². The van der Waals surface area contributed by atoms with E-state index in [1.165, 1.54) is 38.9 Å². The van der Waals surface area contributed by atoms with Crippen LogP contribution >= 0.6 is 0 Å². The zero-order chi connectivity index (χ0) is 19.0. The van der Waals surface area contributed by atoms with Crippen molar-refractivity contribution in [2.45, 2.75) is 40.5 Å². The molecule has 0 saturated heterocycles. The summed E-state index contributed by atoms with van der Waals surface area (Å²) < 4.78 is 2.25. The number of hydrogen-bond acceptors (Lipinski definition) is 1. The number of rotatable bonds is 4. The first-order chi connectivity index (χ1) is 13.1. The minimum absolute atomic E-state index is 1.02. The van der Waals surface area contributed by atoms with Crippen LogP contribution in [0.2, 0.25) is 0 Å². The van der Waals surface area contributed by atoms with Gasteiger partial charge in [-0.15, -0.1) is 0 Å². The molecule has 4 rings (SSSR count). The highest BCUT2D eigenvalue weighted by Crippen LogP contribution is 2.31. The first-order valence-corrected chi connectivity index (χ1v) is 9.78. The molecule has 2 heterocycles. The number of nitrogens with zero attached hydrogens (tertiary/aromatic N) is 2. The Morgan fingerprint density at radius 2 is 1.59 bits per heavy atom. The van der Waals surface area contributed by atoms with Crippen molar-refractivity contribution in [3.63, 3.8) is 0 Å². The van der Waals surface area contributed by atoms with Gasteiger partial charge in [-0.3, -0.25) is 4.98 Å². The van der Waals surface area contributed by atoms with Gasteiger partial charge in [0.2, 0.25) is 0 Å². The maximum absolute atomic E-state index is 4.88. The van der Waals surface area contributed by atoms with Gasteiger partial charge in [0.15, 0.2) is 0 Å². The predicted octanol–water partition coefficient (Wildman–Crippen LogP) is 6.43. The van der Waals surface area contributed by atoms with E-state index in [9.17, 15) is 0 Å². The number of aryl methyl sites for hydroxylation is 3. The van der Waals surface area contributed by atoms with Gasteiger partial charge in [-0.05, 0) is 67.1 Å². The fraction of sp³-hybridized carbons (Fsp3) is 0.240. The maximum Gasteiger partial charge on any atom is 0.0715 e. The monoisotopic (exact) mass is 354 g/mol. The fourth-order valence-electron chi connectivity index (χ4n) is 3.95. The Balaban J connectivity index is 1.88. The molecule has 0 aliphatic heterocycles. The molecule has 0 bridgehead atoms. The summed E-state index contributed by atoms with van der Waals surface area (Å²) in [5, 5.41) is 1.23. The van der Waals surface area contributed by atoms with Crippen LogP contribution < -0.4 is 0 Å². The summed E-state index contributed by atoms with van der Waals surface area (Å²) in [6.45, 7) is 8.78. The molecule has 27 heavy (non-hydrogen) atoms. The second-order valence-electron chi connectivity index (χ2n) is 7.19. The molecule has 2 aromatic heterocycles. The van der Waals surface area contributed by atoms with Gasteiger partial charge in [0.25, 0.3) is 0 Å². The molecule has 0 aliphatic carbocycles. The smallest absolute Gasteiger partial charge is 0.0715 e. The van der Waals surface area contributed by atoms with Crippen LogP contribution in [0.15, 0.2) is 60.9 Å². The van der Waals surface area contributed by atoms with Gasteiger partial charge in [-0.2, -0.15) is 0 Å². The Labute approximate surface area is 161 Å². The third-order valence-electron chi connectivity index (χ3n) is 5.67. The van der Waals surface area contributed by atoms with E-state index >= 15 is 0 Å². The number of benzene rings is 2. The molecule has 0 radical (unpaired) electrons. The first kappa shape index (κ1) is 17.5. The standard InChI is InChI=1S/C25H26N2/c1-5-19-10-8-11-20(6-2)25(19)22-15-21-13-14-27(24(21)16-26-22)23-12-7-9-17(3)18(23)4/h7-16H,5-6H2,1-4H3. The molecule has 2 nitrogen and oxygen atoms in total. The minimum Gasteiger partial charge on any atom is -0.315 e. The van der Waals surface area contributed by atoms with E-state index in [0.717, 1.165) is 24.1 Å². The lowest BCUT2D eigenvalue weighted by molar-refractivity contribution is 1.07. The van der Waals surface area contributed by atoms with Crippen LogP contribution in [0, 0.1) is 13.8 Å². The van der Waals surface area contributed by atoms with E-state index < -0.39 is 0 Å². The van der Waals surface area contributed by atoms with Crippen LogP contribution in [0.3, 0.4) is 0 Å².